The smallest absolute Gasteiger partial charge is 0.163 e. The van der Waals surface area contributed by atoms with E-state index >= 15 is 0 Å². The minimum Gasteiger partial charge on any atom is -0.486 e. The van der Waals surface area contributed by atoms with E-state index in [-0.39, 0.29) is 0 Å². The van der Waals surface area contributed by atoms with Crippen molar-refractivity contribution < 1.29 is 9.47 Å². The Kier molecular flexibility index (Phi) is 4.54. The number of nitrogens with one attached hydrogen (secondary N) is 2. The molecule has 1 unspecified atom stereocenters. The summed E-state index contributed by atoms with van der Waals surface area (Å²) in [6.45, 7) is 1.92. The Labute approximate surface area is 163 Å². The van der Waals surface area contributed by atoms with Gasteiger partial charge < -0.3 is 20.1 Å². The van der Waals surface area contributed by atoms with Crippen LogP contribution in [0.15, 0.2) is 54.9 Å². The van der Waals surface area contributed by atoms with Crippen molar-refractivity contribution in [2.45, 2.75) is 25.4 Å². The van der Waals surface area contributed by atoms with E-state index in [2.05, 4.69) is 50.9 Å². The van der Waals surface area contributed by atoms with E-state index in [1.54, 1.807) is 6.33 Å². The molecule has 0 amide bonds. The Bertz CT molecular complexity index is 978. The summed E-state index contributed by atoms with van der Waals surface area (Å²) in [5.74, 6) is 2.41. The van der Waals surface area contributed by atoms with Crippen molar-refractivity contribution in [2.24, 2.45) is 0 Å². The van der Waals surface area contributed by atoms with Gasteiger partial charge in [-0.05, 0) is 30.5 Å². The summed E-state index contributed by atoms with van der Waals surface area (Å²) in [5, 5.41) is 7.05. The normalized spacial score (nSPS) is 17.6. The maximum Gasteiger partial charge on any atom is 0.163 e. The molecule has 2 aromatic carbocycles. The van der Waals surface area contributed by atoms with Gasteiger partial charge >= 0.3 is 0 Å². The number of anilines is 2. The molecule has 0 fully saturated rings. The summed E-state index contributed by atoms with van der Waals surface area (Å²) in [6, 6.07) is 16.8. The Morgan fingerprint density at radius 1 is 1.00 bits per heavy atom. The van der Waals surface area contributed by atoms with Gasteiger partial charge in [-0.25, -0.2) is 9.97 Å². The van der Waals surface area contributed by atoms with Crippen molar-refractivity contribution in [3.05, 3.63) is 71.7 Å². The highest BCUT2D eigenvalue weighted by Crippen LogP contribution is 2.34. The number of benzene rings is 2. The van der Waals surface area contributed by atoms with Gasteiger partial charge in [-0.2, -0.15) is 0 Å². The largest absolute Gasteiger partial charge is 0.486 e. The van der Waals surface area contributed by atoms with Crippen LogP contribution in [0, 0.1) is 0 Å². The molecule has 1 aromatic heterocycles. The summed E-state index contributed by atoms with van der Waals surface area (Å²) < 4.78 is 11.3. The van der Waals surface area contributed by atoms with Gasteiger partial charge in [-0.3, -0.25) is 0 Å². The maximum absolute atomic E-state index is 5.69. The molecule has 5 rings (SSSR count). The van der Waals surface area contributed by atoms with Crippen LogP contribution in [0.3, 0.4) is 0 Å². The van der Waals surface area contributed by atoms with Crippen molar-refractivity contribution in [3.8, 4) is 11.5 Å². The summed E-state index contributed by atoms with van der Waals surface area (Å²) in [7, 11) is 0. The summed E-state index contributed by atoms with van der Waals surface area (Å²) >= 11 is 0. The number of fused-ring (bicyclic) bond motifs is 2. The molecule has 6 heteroatoms. The zero-order chi connectivity index (χ0) is 18.8. The van der Waals surface area contributed by atoms with Gasteiger partial charge in [0, 0.05) is 29.9 Å². The maximum atomic E-state index is 5.69. The molecular weight excluding hydrogens is 352 g/mol. The molecule has 0 bridgehead atoms. The lowest BCUT2D eigenvalue weighted by molar-refractivity contribution is 0.171. The molecule has 0 aliphatic carbocycles. The van der Waals surface area contributed by atoms with Crippen LogP contribution in [0.25, 0.3) is 0 Å². The first-order valence-electron chi connectivity index (χ1n) is 9.62. The van der Waals surface area contributed by atoms with Gasteiger partial charge in [0.2, 0.25) is 0 Å². The molecule has 0 spiro atoms. The number of nitrogens with zero attached hydrogens (tertiary/aromatic N) is 2. The summed E-state index contributed by atoms with van der Waals surface area (Å²) in [4.78, 5) is 8.99. The topological polar surface area (TPSA) is 68.3 Å². The van der Waals surface area contributed by atoms with Crippen molar-refractivity contribution in [2.75, 3.05) is 18.5 Å². The SMILES string of the molecule is c1ccc(CC2Cc3c(ncnc3Nc3ccc4c(c3)OCCO4)CN2)cc1. The van der Waals surface area contributed by atoms with E-state index in [1.165, 1.54) is 11.1 Å². The molecular formula is C22H22N4O2. The molecule has 2 aliphatic rings. The highest BCUT2D eigenvalue weighted by atomic mass is 16.6. The molecule has 0 radical (unpaired) electrons. The van der Waals surface area contributed by atoms with Crippen molar-refractivity contribution in [1.29, 1.82) is 0 Å². The van der Waals surface area contributed by atoms with Crippen molar-refractivity contribution >= 4 is 11.5 Å². The average Bonchev–Trinajstić information content (AvgIpc) is 2.75. The standard InChI is InChI=1S/C22H22N4O2/c1-2-4-15(5-3-1)10-17-11-18-19(13-23-17)24-14-25-22(18)26-16-6-7-20-21(12-16)28-9-8-27-20/h1-7,12,14,17,23H,8-11,13H2,(H,24,25,26). The molecule has 0 saturated carbocycles. The fraction of sp³-hybridized carbons (Fsp3) is 0.273. The first-order valence-corrected chi connectivity index (χ1v) is 9.62. The molecule has 3 aromatic rings. The Morgan fingerprint density at radius 2 is 1.86 bits per heavy atom. The van der Waals surface area contributed by atoms with Crippen LogP contribution < -0.4 is 20.1 Å². The zero-order valence-electron chi connectivity index (χ0n) is 15.5. The van der Waals surface area contributed by atoms with Crippen LogP contribution >= 0.6 is 0 Å². The molecule has 2 aliphatic heterocycles. The van der Waals surface area contributed by atoms with Crippen molar-refractivity contribution in [1.82, 2.24) is 15.3 Å². The first kappa shape index (κ1) is 17.0. The second-order valence-electron chi connectivity index (χ2n) is 7.10. The highest BCUT2D eigenvalue weighted by molar-refractivity contribution is 5.64. The first-order chi connectivity index (χ1) is 13.8. The van der Waals surface area contributed by atoms with E-state index in [4.69, 9.17) is 9.47 Å². The Hall–Kier alpha value is -3.12. The second kappa shape index (κ2) is 7.48. The number of ether oxygens (including phenoxy) is 2. The number of rotatable bonds is 4. The molecule has 142 valence electrons. The van der Waals surface area contributed by atoms with Gasteiger partial charge in [-0.1, -0.05) is 30.3 Å². The molecule has 3 heterocycles. The average molecular weight is 374 g/mol. The minimum absolute atomic E-state index is 0.363. The van der Waals surface area contributed by atoms with Gasteiger partial charge in [0.25, 0.3) is 0 Å². The monoisotopic (exact) mass is 374 g/mol. The lowest BCUT2D eigenvalue weighted by Gasteiger charge is -2.27. The number of aromatic nitrogens is 2. The van der Waals surface area contributed by atoms with Crippen LogP contribution in [0.4, 0.5) is 11.5 Å². The fourth-order valence-corrected chi connectivity index (χ4v) is 3.78. The second-order valence-corrected chi connectivity index (χ2v) is 7.10. The van der Waals surface area contributed by atoms with E-state index in [1.807, 2.05) is 18.2 Å². The van der Waals surface area contributed by atoms with E-state index in [0.29, 0.717) is 19.3 Å². The minimum atomic E-state index is 0.363. The molecule has 0 saturated heterocycles. The van der Waals surface area contributed by atoms with Gasteiger partial charge in [0.15, 0.2) is 11.5 Å². The third kappa shape index (κ3) is 3.51. The van der Waals surface area contributed by atoms with Crippen LogP contribution in [0.5, 0.6) is 11.5 Å². The van der Waals surface area contributed by atoms with E-state index in [9.17, 15) is 0 Å². The van der Waals surface area contributed by atoms with Crippen LogP contribution in [-0.4, -0.2) is 29.2 Å². The zero-order valence-corrected chi connectivity index (χ0v) is 15.5. The lowest BCUT2D eigenvalue weighted by atomic mass is 9.95. The van der Waals surface area contributed by atoms with Gasteiger partial charge in [-0.15, -0.1) is 0 Å². The van der Waals surface area contributed by atoms with Crippen LogP contribution in [0.1, 0.15) is 16.8 Å². The van der Waals surface area contributed by atoms with Gasteiger partial charge in [0.05, 0.1) is 5.69 Å². The summed E-state index contributed by atoms with van der Waals surface area (Å²) in [5.41, 5.74) is 4.50. The third-order valence-electron chi connectivity index (χ3n) is 5.17. The molecule has 1 atom stereocenters. The predicted octanol–water partition coefficient (Wildman–Crippen LogP) is 3.25. The highest BCUT2D eigenvalue weighted by Gasteiger charge is 2.23. The number of hydrogen-bond acceptors (Lipinski definition) is 6. The van der Waals surface area contributed by atoms with Crippen molar-refractivity contribution in [3.63, 3.8) is 0 Å². The van der Waals surface area contributed by atoms with Crippen LogP contribution in [-0.2, 0) is 19.4 Å². The number of hydrogen-bond donors (Lipinski definition) is 2. The Balaban J connectivity index is 1.37. The van der Waals surface area contributed by atoms with Gasteiger partial charge in [0.1, 0.15) is 25.4 Å². The molecule has 2 N–H and O–H groups in total. The van der Waals surface area contributed by atoms with E-state index < -0.39 is 0 Å². The molecule has 28 heavy (non-hydrogen) atoms. The third-order valence-corrected chi connectivity index (χ3v) is 5.17. The fourth-order valence-electron chi connectivity index (χ4n) is 3.78. The van der Waals surface area contributed by atoms with E-state index in [0.717, 1.165) is 48.1 Å². The predicted molar refractivity (Wildman–Crippen MR) is 107 cm³/mol. The van der Waals surface area contributed by atoms with Crippen LogP contribution in [0.2, 0.25) is 0 Å². The Morgan fingerprint density at radius 3 is 2.75 bits per heavy atom. The summed E-state index contributed by atoms with van der Waals surface area (Å²) in [6.07, 6.45) is 3.50. The quantitative estimate of drug-likeness (QED) is 0.731. The lowest BCUT2D eigenvalue weighted by Crippen LogP contribution is -2.38. The molecule has 6 nitrogen and oxygen atoms in total.